The normalized spacial score (nSPS) is 15.5. The van der Waals surface area contributed by atoms with E-state index in [4.69, 9.17) is 33.7 Å². The number of nitrogens with one attached hydrogen (secondary N) is 2. The molecule has 692 valence electrons. The van der Waals surface area contributed by atoms with Gasteiger partial charge in [0.25, 0.3) is 0 Å². The molecule has 0 radical (unpaired) electrons. The van der Waals surface area contributed by atoms with E-state index in [1.54, 1.807) is 56.9 Å². The average Bonchev–Trinajstić information content (AvgIpc) is 1.66. The van der Waals surface area contributed by atoms with Crippen LogP contribution < -0.4 is 63.3 Å². The van der Waals surface area contributed by atoms with Crippen molar-refractivity contribution in [2.45, 2.75) is 34.6 Å². The molecule has 0 saturated carbocycles. The maximum Gasteiger partial charge on any atom is 0.345 e. The highest BCUT2D eigenvalue weighted by atomic mass is 35.5. The van der Waals surface area contributed by atoms with Gasteiger partial charge in [-0.3, -0.25) is 13.2 Å². The number of likely N-dealkylation sites (N-methyl/N-ethyl adjacent to an activating group) is 3. The van der Waals surface area contributed by atoms with Gasteiger partial charge in [-0.1, -0.05) is 24.6 Å². The van der Waals surface area contributed by atoms with Crippen LogP contribution in [0.1, 0.15) is 27.9 Å². The number of aryl methyl sites for hydroxylation is 4. The average molecular weight is 1900 g/mol. The Morgan fingerprint density at radius 1 is 0.338 bits per heavy atom. The van der Waals surface area contributed by atoms with E-state index in [1.807, 2.05) is 203 Å². The zero-order chi connectivity index (χ0) is 93.1. The van der Waals surface area contributed by atoms with Gasteiger partial charge in [0, 0.05) is 293 Å². The van der Waals surface area contributed by atoms with Crippen molar-refractivity contribution in [2.75, 3.05) is 176 Å². The van der Waals surface area contributed by atoms with Crippen LogP contribution in [0.15, 0.2) is 253 Å². The third kappa shape index (κ3) is 18.7. The van der Waals surface area contributed by atoms with E-state index in [2.05, 4.69) is 126 Å². The van der Waals surface area contributed by atoms with Crippen molar-refractivity contribution in [1.29, 1.82) is 0 Å². The van der Waals surface area contributed by atoms with Crippen LogP contribution in [-0.2, 0) is 0 Å². The second kappa shape index (κ2) is 37.8. The van der Waals surface area contributed by atoms with E-state index >= 15 is 0 Å². The lowest BCUT2D eigenvalue weighted by Gasteiger charge is -2.35. The Kier molecular flexibility index (Phi) is 24.6. The van der Waals surface area contributed by atoms with Crippen LogP contribution >= 0.6 is 45.6 Å². The Balaban J connectivity index is 0.000000102. The van der Waals surface area contributed by atoms with Crippen LogP contribution in [-0.4, -0.2) is 213 Å². The lowest BCUT2D eigenvalue weighted by molar-refractivity contribution is 0.271. The molecule has 0 spiro atoms. The zero-order valence-electron chi connectivity index (χ0n) is 76.2. The quantitative estimate of drug-likeness (QED) is 0.114. The minimum atomic E-state index is -0.391. The van der Waals surface area contributed by atoms with Gasteiger partial charge in [0.2, 0.25) is 0 Å². The molecule has 2 N–H and O–H groups in total. The fraction of sp³-hybridized carbons (Fsp3) is 0.275. The first-order valence-corrected chi connectivity index (χ1v) is 48.6. The van der Waals surface area contributed by atoms with E-state index < -0.39 is 5.63 Å². The minimum absolute atomic E-state index is 0.347. The van der Waals surface area contributed by atoms with Gasteiger partial charge in [-0.15, -0.1) is 34.0 Å². The largest absolute Gasteiger partial charge is 0.422 e. The highest BCUT2D eigenvalue weighted by molar-refractivity contribution is 7.17. The molecule has 0 aliphatic carbocycles. The van der Waals surface area contributed by atoms with E-state index in [-0.39, 0.29) is 22.5 Å². The van der Waals surface area contributed by atoms with Crippen molar-refractivity contribution >= 4 is 155 Å². The number of hydrogen-bond donors (Lipinski definition) is 2. The molecule has 0 bridgehead atoms. The van der Waals surface area contributed by atoms with E-state index in [0.717, 1.165) is 230 Å². The molecule has 5 aromatic carbocycles. The van der Waals surface area contributed by atoms with Gasteiger partial charge in [-0.25, -0.2) is 48.9 Å². The van der Waals surface area contributed by atoms with Crippen LogP contribution in [0.3, 0.4) is 0 Å². The predicted octanol–water partition coefficient (Wildman–Crippen LogP) is 16.1. The number of hydrogen-bond acceptors (Lipinski definition) is 28. The molecule has 0 amide bonds. The van der Waals surface area contributed by atoms with Gasteiger partial charge in [0.15, 0.2) is 14.9 Å². The summed E-state index contributed by atoms with van der Waals surface area (Å²) in [6.07, 6.45) is 17.1. The molecule has 136 heavy (non-hydrogen) atoms. The minimum Gasteiger partial charge on any atom is -0.422 e. The summed E-state index contributed by atoms with van der Waals surface area (Å²) in [5, 5.41) is 13.9. The molecule has 20 heterocycles. The maximum atomic E-state index is 12.7. The molecular formula is C102H99ClN20O10S3. The number of fused-ring (bicyclic) bond motifs is 10. The van der Waals surface area contributed by atoms with Crippen molar-refractivity contribution < 1.29 is 22.1 Å². The molecule has 5 aliphatic rings. The molecule has 15 aromatic heterocycles. The Labute approximate surface area is 795 Å². The van der Waals surface area contributed by atoms with Gasteiger partial charge in [0.1, 0.15) is 39.2 Å². The summed E-state index contributed by atoms with van der Waals surface area (Å²) >= 11 is 10.8. The number of thiazole rings is 3. The lowest BCUT2D eigenvalue weighted by Crippen LogP contribution is -2.46. The molecule has 30 nitrogen and oxygen atoms in total. The molecule has 20 aromatic rings. The van der Waals surface area contributed by atoms with Crippen molar-refractivity contribution in [2.24, 2.45) is 0 Å². The smallest absolute Gasteiger partial charge is 0.345 e. The number of aromatic nitrogens is 10. The predicted molar refractivity (Wildman–Crippen MR) is 545 cm³/mol. The molecule has 0 atom stereocenters. The van der Waals surface area contributed by atoms with E-state index in [1.165, 1.54) is 9.75 Å². The van der Waals surface area contributed by atoms with Gasteiger partial charge >= 0.3 is 28.1 Å². The van der Waals surface area contributed by atoms with Gasteiger partial charge < -0.3 is 80.7 Å². The second-order valence-electron chi connectivity index (χ2n) is 35.1. The lowest BCUT2D eigenvalue weighted by atomic mass is 10.1. The van der Waals surface area contributed by atoms with Gasteiger partial charge in [-0.2, -0.15) is 0 Å². The first-order chi connectivity index (χ1) is 66.1. The fourth-order valence-corrected chi connectivity index (χ4v) is 20.7. The van der Waals surface area contributed by atoms with Crippen molar-refractivity contribution in [1.82, 2.24) is 72.3 Å². The van der Waals surface area contributed by atoms with Gasteiger partial charge in [0.05, 0.1) is 61.3 Å². The number of nitrogens with zero attached hydrogens (tertiary/aromatic N) is 18. The molecule has 0 unspecified atom stereocenters. The first kappa shape index (κ1) is 88.7. The maximum absolute atomic E-state index is 12.7. The van der Waals surface area contributed by atoms with Crippen LogP contribution in [0.5, 0.6) is 0 Å². The zero-order valence-corrected chi connectivity index (χ0v) is 79.4. The molecule has 5 saturated heterocycles. The highest BCUT2D eigenvalue weighted by Gasteiger charge is 2.26. The number of piperazine rings is 5. The van der Waals surface area contributed by atoms with E-state index in [9.17, 15) is 24.0 Å². The summed E-state index contributed by atoms with van der Waals surface area (Å²) in [5.41, 5.74) is 16.1. The third-order valence-electron chi connectivity index (χ3n) is 25.8. The Hall–Kier alpha value is -13.9. The molecule has 34 heteroatoms. The summed E-state index contributed by atoms with van der Waals surface area (Å²) < 4.78 is 37.9. The van der Waals surface area contributed by atoms with Gasteiger partial charge in [-0.05, 0) is 163 Å². The fourth-order valence-electron chi connectivity index (χ4n) is 18.1. The van der Waals surface area contributed by atoms with Crippen molar-refractivity contribution in [3.05, 3.63) is 285 Å². The molecule has 25 rings (SSSR count). The SMILES string of the molecule is CCN1CCN(c2ccc3cc(-c4cn5cc(C)ccc5n4)c(=O)oc3c2)CC1.CN1CCN(c2ccc3cc(-c4cn5cc(Cl)ccc5n4)c(=O)oc3c2)CC1.Cc1cn2cc(-c3cc4ccc(N5CCN(C)CC5)cc4oc3=O)nc2s1.Cc1cn2cc(-c3cc4ccc(N5CCNCC5)cc4oc3=O)nc2s1.Cc1csc2nc(-c3cc4ccc(N5CCNCC5)cc4oc3=O)cn12. The Morgan fingerprint density at radius 2 is 0.662 bits per heavy atom. The third-order valence-corrected chi connectivity index (χ3v) is 28.8. The van der Waals surface area contributed by atoms with E-state index in [0.29, 0.717) is 89.2 Å². The summed E-state index contributed by atoms with van der Waals surface area (Å²) in [6, 6.07) is 47.3. The van der Waals surface area contributed by atoms with Crippen LogP contribution in [0, 0.1) is 27.7 Å². The first-order valence-electron chi connectivity index (χ1n) is 45.7. The number of imidazole rings is 5. The standard InChI is InChI=1S/C23H24N4O2.C21H19ClN4O2.C20H20N4O2S.2C19H18N4O2S/c1-3-25-8-10-26(11-9-25)18-6-5-17-12-19(23(28)29-21(17)13-18)20-15-27-14-16(2)4-7-22(27)24-20;1-24-6-8-25(9-7-24)16-4-2-14-10-17(21(27)28-19(14)11-16)18-13-26-12-15(22)3-5-20(26)23-18;1-13-11-24-12-17(21-20(24)27-13)16-9-14-3-4-15(10-18(14)26-19(16)25)23-7-5-22(2)6-8-23;1-12-11-26-19-21-16(10-23(12)19)15-8-13-2-3-14(9-17(13)25-18(15)24)22-6-4-20-5-7-22;1-12-10-23-11-16(21-19(23)26-12)15-8-13-2-3-14(9-17(13)25-18(15)24)22-6-4-20-5-7-22/h4-7,12-15H,3,8-11H2,1-2H3;2-5,10-13H,6-9H2,1H3;3-4,9-12H,5-8H2,1-2H3;2*2-3,8-11,20H,4-7H2,1H3. The summed E-state index contributed by atoms with van der Waals surface area (Å²) in [6.45, 7) is 31.3. The highest BCUT2D eigenvalue weighted by Crippen LogP contribution is 2.35. The summed E-state index contributed by atoms with van der Waals surface area (Å²) in [5.74, 6) is 0. The summed E-state index contributed by atoms with van der Waals surface area (Å²) in [7, 11) is 4.27. The topological polar surface area (TPSA) is 288 Å². The molecule has 5 fully saturated rings. The Bertz CT molecular complexity index is 8180. The number of anilines is 5. The van der Waals surface area contributed by atoms with Crippen LogP contribution in [0.25, 0.3) is 137 Å². The van der Waals surface area contributed by atoms with Crippen molar-refractivity contribution in [3.63, 3.8) is 0 Å². The Morgan fingerprint density at radius 3 is 1.02 bits per heavy atom. The summed E-state index contributed by atoms with van der Waals surface area (Å²) in [4.78, 5) is 110. The second-order valence-corrected chi connectivity index (χ2v) is 38.8. The molecular weight excluding hydrogens is 1800 g/mol. The van der Waals surface area contributed by atoms with Crippen LogP contribution in [0.4, 0.5) is 28.4 Å². The number of pyridine rings is 2. The number of halogens is 1. The van der Waals surface area contributed by atoms with Crippen molar-refractivity contribution in [3.8, 4) is 56.3 Å². The van der Waals surface area contributed by atoms with Crippen LogP contribution in [0.2, 0.25) is 5.02 Å². The molecule has 5 aliphatic heterocycles. The number of rotatable bonds is 11. The monoisotopic (exact) mass is 1890 g/mol. The number of benzene rings is 5.